The summed E-state index contributed by atoms with van der Waals surface area (Å²) >= 11 is 6.13. The van der Waals surface area contributed by atoms with Crippen LogP contribution in [0.3, 0.4) is 0 Å². The van der Waals surface area contributed by atoms with Crippen LogP contribution in [0, 0.1) is 0 Å². The number of hydrogen-bond donors (Lipinski definition) is 2. The van der Waals surface area contributed by atoms with E-state index in [1.165, 1.54) is 7.11 Å². The van der Waals surface area contributed by atoms with E-state index in [0.717, 1.165) is 0 Å². The van der Waals surface area contributed by atoms with Crippen LogP contribution in [0.15, 0.2) is 46.9 Å². The summed E-state index contributed by atoms with van der Waals surface area (Å²) < 4.78 is 15.4. The van der Waals surface area contributed by atoms with Crippen LogP contribution in [0.5, 0.6) is 0 Å². The van der Waals surface area contributed by atoms with E-state index in [2.05, 4.69) is 5.32 Å². The first-order valence-electron chi connectivity index (χ1n) is 8.46. The minimum atomic E-state index is -0.765. The number of esters is 2. The van der Waals surface area contributed by atoms with Gasteiger partial charge in [-0.15, -0.1) is 0 Å². The van der Waals surface area contributed by atoms with Gasteiger partial charge in [0.25, 0.3) is 0 Å². The Bertz CT molecular complexity index is 788. The van der Waals surface area contributed by atoms with E-state index < -0.39 is 17.9 Å². The van der Waals surface area contributed by atoms with Gasteiger partial charge >= 0.3 is 11.9 Å². The second-order valence-corrected chi connectivity index (χ2v) is 6.26. The molecule has 1 aliphatic rings. The van der Waals surface area contributed by atoms with Crippen molar-refractivity contribution in [2.75, 3.05) is 26.9 Å². The molecule has 1 unspecified atom stereocenters. The molecule has 1 aliphatic heterocycles. The molecule has 1 aromatic carbocycles. The summed E-state index contributed by atoms with van der Waals surface area (Å²) in [5.74, 6) is -1.82. The van der Waals surface area contributed by atoms with Gasteiger partial charge in [-0.2, -0.15) is 0 Å². The number of ether oxygens (including phenoxy) is 3. The summed E-state index contributed by atoms with van der Waals surface area (Å²) in [6.07, 6.45) is 0. The number of allylic oxidation sites excluding steroid dienone is 1. The van der Waals surface area contributed by atoms with E-state index in [0.29, 0.717) is 16.3 Å². The van der Waals surface area contributed by atoms with Crippen molar-refractivity contribution in [3.8, 4) is 0 Å². The zero-order chi connectivity index (χ0) is 20.0. The Hall–Kier alpha value is -2.51. The number of rotatable bonds is 7. The average Bonchev–Trinajstić information content (AvgIpc) is 2.61. The molecule has 7 nitrogen and oxygen atoms in total. The molecule has 0 aromatic heterocycles. The third kappa shape index (κ3) is 4.81. The fourth-order valence-corrected chi connectivity index (χ4v) is 3.07. The molecular weight excluding hydrogens is 372 g/mol. The number of nitrogens with two attached hydrogens (primary N) is 1. The molecule has 27 heavy (non-hydrogen) atoms. The quantitative estimate of drug-likeness (QED) is 0.540. The lowest BCUT2D eigenvalue weighted by molar-refractivity contribution is -0.140. The summed E-state index contributed by atoms with van der Waals surface area (Å²) in [7, 11) is 1.51. The number of hydrogen-bond acceptors (Lipinski definition) is 7. The van der Waals surface area contributed by atoms with E-state index in [1.807, 2.05) is 0 Å². The van der Waals surface area contributed by atoms with E-state index in [1.54, 1.807) is 38.1 Å². The monoisotopic (exact) mass is 394 g/mol. The van der Waals surface area contributed by atoms with Crippen molar-refractivity contribution in [1.82, 2.24) is 5.32 Å². The van der Waals surface area contributed by atoms with Crippen molar-refractivity contribution >= 4 is 23.5 Å². The van der Waals surface area contributed by atoms with Gasteiger partial charge in [0.05, 0.1) is 30.3 Å². The van der Waals surface area contributed by atoms with Crippen molar-refractivity contribution in [3.63, 3.8) is 0 Å². The van der Waals surface area contributed by atoms with Gasteiger partial charge in [0.15, 0.2) is 0 Å². The number of halogens is 1. The molecule has 8 heteroatoms. The third-order valence-corrected chi connectivity index (χ3v) is 4.25. The van der Waals surface area contributed by atoms with Crippen molar-refractivity contribution in [1.29, 1.82) is 0 Å². The van der Waals surface area contributed by atoms with Gasteiger partial charge < -0.3 is 25.3 Å². The highest BCUT2D eigenvalue weighted by molar-refractivity contribution is 6.30. The number of dihydropyridines is 1. The van der Waals surface area contributed by atoms with Crippen LogP contribution in [-0.4, -0.2) is 38.9 Å². The summed E-state index contributed by atoms with van der Waals surface area (Å²) in [5, 5.41) is 3.35. The predicted molar refractivity (Wildman–Crippen MR) is 101 cm³/mol. The molecule has 0 spiro atoms. The van der Waals surface area contributed by atoms with E-state index in [4.69, 9.17) is 31.5 Å². The molecule has 146 valence electrons. The Morgan fingerprint density at radius 3 is 2.52 bits per heavy atom. The first-order valence-corrected chi connectivity index (χ1v) is 8.84. The van der Waals surface area contributed by atoms with Gasteiger partial charge in [-0.3, -0.25) is 0 Å². The molecule has 0 fully saturated rings. The predicted octanol–water partition coefficient (Wildman–Crippen LogP) is 2.22. The van der Waals surface area contributed by atoms with Crippen LogP contribution < -0.4 is 11.1 Å². The molecule has 3 N–H and O–H groups in total. The second kappa shape index (κ2) is 9.43. The maximum absolute atomic E-state index is 12.8. The Kier molecular flexibility index (Phi) is 7.27. The highest BCUT2D eigenvalue weighted by Crippen LogP contribution is 2.39. The number of carbonyl (C=O) groups excluding carboxylic acids is 2. The Morgan fingerprint density at radius 1 is 1.19 bits per heavy atom. The minimum absolute atomic E-state index is 0.0856. The number of nitrogens with one attached hydrogen (secondary N) is 1. The van der Waals surface area contributed by atoms with Crippen LogP contribution in [0.4, 0.5) is 0 Å². The maximum Gasteiger partial charge on any atom is 0.338 e. The van der Waals surface area contributed by atoms with Crippen LogP contribution in [0.1, 0.15) is 25.3 Å². The summed E-state index contributed by atoms with van der Waals surface area (Å²) in [6.45, 7) is 3.91. The summed E-state index contributed by atoms with van der Waals surface area (Å²) in [4.78, 5) is 25.3. The van der Waals surface area contributed by atoms with Crippen LogP contribution >= 0.6 is 11.6 Å². The third-order valence-electron chi connectivity index (χ3n) is 4.01. The fraction of sp³-hybridized carbons (Fsp3) is 0.368. The summed E-state index contributed by atoms with van der Waals surface area (Å²) in [5.41, 5.74) is 7.62. The molecular formula is C19H23ClN2O5. The standard InChI is InChI=1S/C19H23ClN2O5/c1-4-26-19(24)16-15(12-6-5-7-13(20)10-12)14(11(2)22-17(16)21)18(23)27-9-8-25-3/h5-7,10,15,22H,4,8-9,21H2,1-3H3. The lowest BCUT2D eigenvalue weighted by Gasteiger charge is -2.30. The highest BCUT2D eigenvalue weighted by Gasteiger charge is 2.38. The van der Waals surface area contributed by atoms with Crippen LogP contribution in [0.25, 0.3) is 0 Å². The molecule has 1 aromatic rings. The summed E-state index contributed by atoms with van der Waals surface area (Å²) in [6, 6.07) is 6.89. The van der Waals surface area contributed by atoms with Gasteiger partial charge in [-0.1, -0.05) is 23.7 Å². The molecule has 0 saturated carbocycles. The largest absolute Gasteiger partial charge is 0.463 e. The topological polar surface area (TPSA) is 99.9 Å². The van der Waals surface area contributed by atoms with Crippen LogP contribution in [-0.2, 0) is 23.8 Å². The highest BCUT2D eigenvalue weighted by atomic mass is 35.5. The normalized spacial score (nSPS) is 16.8. The van der Waals surface area contributed by atoms with E-state index >= 15 is 0 Å². The molecule has 0 aliphatic carbocycles. The Labute approximate surface area is 163 Å². The Balaban J connectivity index is 2.53. The van der Waals surface area contributed by atoms with Gasteiger partial charge in [0, 0.05) is 17.8 Å². The molecule has 2 rings (SSSR count). The smallest absolute Gasteiger partial charge is 0.338 e. The number of carbonyl (C=O) groups is 2. The molecule has 1 atom stereocenters. The fourth-order valence-electron chi connectivity index (χ4n) is 2.88. The maximum atomic E-state index is 12.8. The first-order chi connectivity index (χ1) is 12.9. The van der Waals surface area contributed by atoms with Crippen molar-refractivity contribution in [3.05, 3.63) is 57.5 Å². The molecule has 0 radical (unpaired) electrons. The second-order valence-electron chi connectivity index (χ2n) is 5.83. The van der Waals surface area contributed by atoms with Crippen molar-refractivity contribution in [2.45, 2.75) is 19.8 Å². The zero-order valence-electron chi connectivity index (χ0n) is 15.5. The average molecular weight is 395 g/mol. The van der Waals surface area contributed by atoms with Gasteiger partial charge in [-0.05, 0) is 31.5 Å². The molecule has 1 heterocycles. The molecule has 0 bridgehead atoms. The first kappa shape index (κ1) is 20.8. The van der Waals surface area contributed by atoms with Crippen molar-refractivity contribution < 1.29 is 23.8 Å². The van der Waals surface area contributed by atoms with Gasteiger partial charge in [-0.25, -0.2) is 9.59 Å². The molecule has 0 amide bonds. The molecule has 0 saturated heterocycles. The number of benzene rings is 1. The number of methoxy groups -OCH3 is 1. The van der Waals surface area contributed by atoms with E-state index in [-0.39, 0.29) is 36.8 Å². The minimum Gasteiger partial charge on any atom is -0.463 e. The Morgan fingerprint density at radius 2 is 1.89 bits per heavy atom. The van der Waals surface area contributed by atoms with Crippen LogP contribution in [0.2, 0.25) is 5.02 Å². The van der Waals surface area contributed by atoms with E-state index in [9.17, 15) is 9.59 Å². The lowest BCUT2D eigenvalue weighted by Crippen LogP contribution is -2.36. The lowest BCUT2D eigenvalue weighted by atomic mass is 9.81. The van der Waals surface area contributed by atoms with Gasteiger partial charge in [0.2, 0.25) is 0 Å². The van der Waals surface area contributed by atoms with Gasteiger partial charge in [0.1, 0.15) is 12.4 Å². The van der Waals surface area contributed by atoms with Crippen molar-refractivity contribution in [2.24, 2.45) is 5.73 Å². The zero-order valence-corrected chi connectivity index (χ0v) is 16.3. The SMILES string of the molecule is CCOC(=O)C1=C(N)NC(C)=C(C(=O)OCCOC)C1c1cccc(Cl)c1.